The van der Waals surface area contributed by atoms with Crippen molar-refractivity contribution >= 4 is 73.6 Å². The van der Waals surface area contributed by atoms with Gasteiger partial charge in [0.15, 0.2) is 5.13 Å². The molecule has 254 valence electrons. The predicted molar refractivity (Wildman–Crippen MR) is 209 cm³/mol. The number of halogens is 1. The SMILES string of the molecule is COc1cccc(-c2csc(NC(=O)C(Sc3cccc(NC(=O)/C(=C/c4ccc(Br)cc4)NC(=O)c4ccccc4)c3)c3ccccc3)n2)c1. The van der Waals surface area contributed by atoms with Gasteiger partial charge in [0.1, 0.15) is 16.7 Å². The second kappa shape index (κ2) is 16.9. The van der Waals surface area contributed by atoms with Crippen LogP contribution < -0.4 is 20.7 Å². The third kappa shape index (κ3) is 9.61. The third-order valence-electron chi connectivity index (χ3n) is 7.50. The van der Waals surface area contributed by atoms with Crippen molar-refractivity contribution in [2.24, 2.45) is 0 Å². The lowest BCUT2D eigenvalue weighted by Crippen LogP contribution is -2.30. The average molecular weight is 776 g/mol. The van der Waals surface area contributed by atoms with E-state index >= 15 is 0 Å². The van der Waals surface area contributed by atoms with E-state index in [-0.39, 0.29) is 11.6 Å². The summed E-state index contributed by atoms with van der Waals surface area (Å²) in [7, 11) is 1.61. The van der Waals surface area contributed by atoms with Gasteiger partial charge < -0.3 is 20.7 Å². The van der Waals surface area contributed by atoms with Crippen molar-refractivity contribution in [3.63, 3.8) is 0 Å². The Morgan fingerprint density at radius 2 is 1.55 bits per heavy atom. The van der Waals surface area contributed by atoms with Gasteiger partial charge in [0.05, 0.1) is 12.8 Å². The molecule has 0 saturated carbocycles. The van der Waals surface area contributed by atoms with Crippen molar-refractivity contribution in [3.8, 4) is 17.0 Å². The van der Waals surface area contributed by atoms with E-state index in [9.17, 15) is 14.4 Å². The van der Waals surface area contributed by atoms with Crippen molar-refractivity contribution in [1.29, 1.82) is 0 Å². The Morgan fingerprint density at radius 3 is 2.29 bits per heavy atom. The molecular formula is C40H31BrN4O4S2. The van der Waals surface area contributed by atoms with E-state index in [1.165, 1.54) is 23.1 Å². The van der Waals surface area contributed by atoms with Crippen LogP contribution in [-0.4, -0.2) is 29.8 Å². The van der Waals surface area contributed by atoms with Gasteiger partial charge in [-0.2, -0.15) is 0 Å². The molecule has 11 heteroatoms. The lowest BCUT2D eigenvalue weighted by Gasteiger charge is -2.17. The second-order valence-corrected chi connectivity index (χ2v) is 14.0. The van der Waals surface area contributed by atoms with E-state index in [0.29, 0.717) is 16.4 Å². The van der Waals surface area contributed by atoms with Crippen LogP contribution in [0.2, 0.25) is 0 Å². The molecule has 0 spiro atoms. The number of hydrogen-bond acceptors (Lipinski definition) is 7. The molecule has 0 aliphatic rings. The molecule has 6 rings (SSSR count). The number of nitrogens with one attached hydrogen (secondary N) is 3. The van der Waals surface area contributed by atoms with Crippen molar-refractivity contribution in [1.82, 2.24) is 10.3 Å². The molecule has 0 aliphatic heterocycles. The first-order chi connectivity index (χ1) is 24.8. The van der Waals surface area contributed by atoms with Crippen LogP contribution in [0.25, 0.3) is 17.3 Å². The van der Waals surface area contributed by atoms with Crippen molar-refractivity contribution in [2.75, 3.05) is 17.7 Å². The van der Waals surface area contributed by atoms with Gasteiger partial charge in [-0.1, -0.05) is 94.8 Å². The van der Waals surface area contributed by atoms with Gasteiger partial charge in [0, 0.05) is 31.6 Å². The van der Waals surface area contributed by atoms with Gasteiger partial charge in [-0.3, -0.25) is 14.4 Å². The van der Waals surface area contributed by atoms with E-state index in [1.807, 2.05) is 96.4 Å². The van der Waals surface area contributed by atoms with E-state index in [2.05, 4.69) is 36.9 Å². The van der Waals surface area contributed by atoms with Crippen molar-refractivity contribution in [3.05, 3.63) is 166 Å². The molecular weight excluding hydrogens is 745 g/mol. The number of thioether (sulfide) groups is 1. The lowest BCUT2D eigenvalue weighted by molar-refractivity contribution is -0.116. The molecule has 6 aromatic rings. The van der Waals surface area contributed by atoms with Crippen LogP contribution in [0.15, 0.2) is 154 Å². The maximum absolute atomic E-state index is 13.8. The highest BCUT2D eigenvalue weighted by Gasteiger charge is 2.24. The molecule has 0 radical (unpaired) electrons. The third-order valence-corrected chi connectivity index (χ3v) is 10.0. The fourth-order valence-electron chi connectivity index (χ4n) is 4.97. The minimum absolute atomic E-state index is 0.0718. The zero-order valence-corrected chi connectivity index (χ0v) is 30.4. The molecule has 1 unspecified atom stereocenters. The summed E-state index contributed by atoms with van der Waals surface area (Å²) in [6, 6.07) is 40.4. The largest absolute Gasteiger partial charge is 0.497 e. The number of carbonyl (C=O) groups is 3. The number of amides is 3. The first-order valence-corrected chi connectivity index (χ1v) is 18.3. The van der Waals surface area contributed by atoms with Crippen LogP contribution in [0.3, 0.4) is 0 Å². The van der Waals surface area contributed by atoms with E-state index in [1.54, 1.807) is 55.7 Å². The number of rotatable bonds is 12. The van der Waals surface area contributed by atoms with Gasteiger partial charge >= 0.3 is 0 Å². The normalized spacial score (nSPS) is 11.7. The summed E-state index contributed by atoms with van der Waals surface area (Å²) in [6.07, 6.45) is 1.62. The quantitative estimate of drug-likeness (QED) is 0.0845. The summed E-state index contributed by atoms with van der Waals surface area (Å²) < 4.78 is 6.23. The Balaban J connectivity index is 1.20. The number of carbonyl (C=O) groups excluding carboxylic acids is 3. The summed E-state index contributed by atoms with van der Waals surface area (Å²) in [5.74, 6) is -0.433. The summed E-state index contributed by atoms with van der Waals surface area (Å²) in [4.78, 5) is 46.0. The van der Waals surface area contributed by atoms with E-state index in [4.69, 9.17) is 4.74 Å². The Kier molecular flexibility index (Phi) is 11.7. The predicted octanol–water partition coefficient (Wildman–Crippen LogP) is 9.46. The van der Waals surface area contributed by atoms with Gasteiger partial charge in [0.2, 0.25) is 5.91 Å². The van der Waals surface area contributed by atoms with Crippen molar-refractivity contribution < 1.29 is 19.1 Å². The number of nitrogens with zero attached hydrogens (tertiary/aromatic N) is 1. The Morgan fingerprint density at radius 1 is 0.824 bits per heavy atom. The Labute approximate surface area is 312 Å². The second-order valence-electron chi connectivity index (χ2n) is 11.1. The molecule has 51 heavy (non-hydrogen) atoms. The molecule has 1 heterocycles. The van der Waals surface area contributed by atoms with Crippen LogP contribution in [0.4, 0.5) is 10.8 Å². The van der Waals surface area contributed by atoms with Gasteiger partial charge in [-0.25, -0.2) is 4.98 Å². The van der Waals surface area contributed by atoms with Gasteiger partial charge in [-0.15, -0.1) is 23.1 Å². The number of thiazole rings is 1. The summed E-state index contributed by atoms with van der Waals surface area (Å²) in [6.45, 7) is 0. The number of anilines is 2. The minimum atomic E-state index is -0.626. The number of aromatic nitrogens is 1. The van der Waals surface area contributed by atoms with Crippen LogP contribution in [0, 0.1) is 0 Å². The highest BCUT2D eigenvalue weighted by atomic mass is 79.9. The Bertz CT molecular complexity index is 2170. The van der Waals surface area contributed by atoms with Gasteiger partial charge in [-0.05, 0) is 71.8 Å². The molecule has 0 saturated heterocycles. The molecule has 0 bridgehead atoms. The van der Waals surface area contributed by atoms with Crippen LogP contribution in [0.5, 0.6) is 5.75 Å². The molecule has 1 aromatic heterocycles. The monoisotopic (exact) mass is 774 g/mol. The minimum Gasteiger partial charge on any atom is -0.497 e. The van der Waals surface area contributed by atoms with Crippen LogP contribution >= 0.6 is 39.0 Å². The standard InChI is InChI=1S/C40H31BrN4O4S2/c1-49-32-16-8-14-29(23-32)35-25-50-40(44-35)45-39(48)36(27-10-4-2-5-11-27)51-33-17-9-15-31(24-33)42-38(47)34(22-26-18-20-30(41)21-19-26)43-37(46)28-12-6-3-7-13-28/h2-25,36H,1H3,(H,42,47)(H,43,46)(H,44,45,48)/b34-22-. The highest BCUT2D eigenvalue weighted by molar-refractivity contribution is 9.10. The lowest BCUT2D eigenvalue weighted by atomic mass is 10.1. The van der Waals surface area contributed by atoms with Crippen LogP contribution in [-0.2, 0) is 9.59 Å². The maximum Gasteiger partial charge on any atom is 0.272 e. The van der Waals surface area contributed by atoms with E-state index in [0.717, 1.165) is 37.5 Å². The first kappa shape index (κ1) is 35.3. The molecule has 8 nitrogen and oxygen atoms in total. The number of benzene rings is 5. The summed E-state index contributed by atoms with van der Waals surface area (Å²) in [5, 5.41) is 10.4. The molecule has 3 N–H and O–H groups in total. The summed E-state index contributed by atoms with van der Waals surface area (Å²) in [5.41, 5.74) is 4.14. The molecule has 5 aromatic carbocycles. The fourth-order valence-corrected chi connectivity index (χ4v) is 7.04. The molecule has 0 aliphatic carbocycles. The average Bonchev–Trinajstić information content (AvgIpc) is 3.63. The molecule has 1 atom stereocenters. The fraction of sp³-hybridized carbons (Fsp3) is 0.0500. The van der Waals surface area contributed by atoms with Crippen molar-refractivity contribution in [2.45, 2.75) is 10.1 Å². The first-order valence-electron chi connectivity index (χ1n) is 15.7. The highest BCUT2D eigenvalue weighted by Crippen LogP contribution is 2.38. The zero-order valence-electron chi connectivity index (χ0n) is 27.2. The van der Waals surface area contributed by atoms with E-state index < -0.39 is 17.1 Å². The molecule has 3 amide bonds. The maximum atomic E-state index is 13.8. The molecule has 0 fully saturated rings. The number of methoxy groups -OCH3 is 1. The topological polar surface area (TPSA) is 109 Å². The number of hydrogen-bond donors (Lipinski definition) is 3. The zero-order chi connectivity index (χ0) is 35.6. The van der Waals surface area contributed by atoms with Crippen LogP contribution in [0.1, 0.15) is 26.7 Å². The Hall–Kier alpha value is -5.49. The smallest absolute Gasteiger partial charge is 0.272 e. The number of ether oxygens (including phenoxy) is 1. The summed E-state index contributed by atoms with van der Waals surface area (Å²) >= 11 is 6.12. The van der Waals surface area contributed by atoms with Gasteiger partial charge in [0.25, 0.3) is 11.8 Å².